The SMILES string of the molecule is COC(=O)C(C)c1cc(C)no1. The first-order valence-corrected chi connectivity index (χ1v) is 3.66. The van der Waals surface area contributed by atoms with E-state index >= 15 is 0 Å². The molecule has 66 valence electrons. The Balaban J connectivity index is 2.77. The van der Waals surface area contributed by atoms with E-state index in [0.717, 1.165) is 5.69 Å². The number of aryl methyl sites for hydroxylation is 1. The normalized spacial score (nSPS) is 12.6. The van der Waals surface area contributed by atoms with Crippen LogP contribution in [-0.4, -0.2) is 18.2 Å². The van der Waals surface area contributed by atoms with Crippen LogP contribution in [0.25, 0.3) is 0 Å². The summed E-state index contributed by atoms with van der Waals surface area (Å²) in [6, 6.07) is 1.72. The number of hydrogen-bond acceptors (Lipinski definition) is 4. The molecule has 1 unspecified atom stereocenters. The van der Waals surface area contributed by atoms with Crippen LogP contribution >= 0.6 is 0 Å². The Morgan fingerprint density at radius 2 is 2.42 bits per heavy atom. The van der Waals surface area contributed by atoms with Gasteiger partial charge in [0.05, 0.1) is 12.8 Å². The molecular weight excluding hydrogens is 158 g/mol. The van der Waals surface area contributed by atoms with Gasteiger partial charge in [-0.15, -0.1) is 0 Å². The number of esters is 1. The molecule has 0 saturated carbocycles. The molecule has 0 fully saturated rings. The zero-order valence-electron chi connectivity index (χ0n) is 7.33. The molecule has 4 nitrogen and oxygen atoms in total. The summed E-state index contributed by atoms with van der Waals surface area (Å²) in [5, 5.41) is 3.67. The van der Waals surface area contributed by atoms with Crippen LogP contribution in [0, 0.1) is 6.92 Å². The van der Waals surface area contributed by atoms with Gasteiger partial charge in [0.15, 0.2) is 5.76 Å². The summed E-state index contributed by atoms with van der Waals surface area (Å²) in [5.41, 5.74) is 0.765. The van der Waals surface area contributed by atoms with E-state index < -0.39 is 0 Å². The second-order valence-electron chi connectivity index (χ2n) is 2.62. The standard InChI is InChI=1S/C8H11NO3/c1-5-4-7(12-9-5)6(2)8(10)11-3/h4,6H,1-3H3. The number of carbonyl (C=O) groups excluding carboxylic acids is 1. The number of nitrogens with zero attached hydrogens (tertiary/aromatic N) is 1. The number of hydrogen-bond donors (Lipinski definition) is 0. The van der Waals surface area contributed by atoms with Crippen LogP contribution in [0.2, 0.25) is 0 Å². The second kappa shape index (κ2) is 3.38. The van der Waals surface area contributed by atoms with E-state index in [1.54, 1.807) is 19.9 Å². The first-order valence-electron chi connectivity index (χ1n) is 3.66. The van der Waals surface area contributed by atoms with Gasteiger partial charge in [-0.05, 0) is 13.8 Å². The van der Waals surface area contributed by atoms with Crippen molar-refractivity contribution in [3.05, 3.63) is 17.5 Å². The summed E-state index contributed by atoms with van der Waals surface area (Å²) < 4.78 is 9.45. The molecule has 0 aliphatic rings. The third-order valence-corrected chi connectivity index (χ3v) is 1.63. The van der Waals surface area contributed by atoms with E-state index in [9.17, 15) is 4.79 Å². The maximum Gasteiger partial charge on any atom is 0.316 e. The molecule has 0 bridgehead atoms. The Bertz CT molecular complexity index is 280. The molecule has 0 amide bonds. The summed E-state index contributed by atoms with van der Waals surface area (Å²) in [5.74, 6) is -0.151. The van der Waals surface area contributed by atoms with E-state index in [1.165, 1.54) is 7.11 Å². The lowest BCUT2D eigenvalue weighted by Gasteiger charge is -2.02. The van der Waals surface area contributed by atoms with Gasteiger partial charge < -0.3 is 9.26 Å². The van der Waals surface area contributed by atoms with Gasteiger partial charge in [-0.3, -0.25) is 4.79 Å². The van der Waals surface area contributed by atoms with Crippen LogP contribution in [0.15, 0.2) is 10.6 Å². The van der Waals surface area contributed by atoms with Gasteiger partial charge in [0, 0.05) is 6.07 Å². The highest BCUT2D eigenvalue weighted by molar-refractivity contribution is 5.76. The van der Waals surface area contributed by atoms with E-state index in [4.69, 9.17) is 4.52 Å². The van der Waals surface area contributed by atoms with Crippen molar-refractivity contribution in [3.63, 3.8) is 0 Å². The fourth-order valence-electron chi connectivity index (χ4n) is 0.880. The molecule has 0 spiro atoms. The van der Waals surface area contributed by atoms with Gasteiger partial charge in [-0.1, -0.05) is 5.16 Å². The molecule has 12 heavy (non-hydrogen) atoms. The number of methoxy groups -OCH3 is 1. The molecular formula is C8H11NO3. The van der Waals surface area contributed by atoms with Crippen molar-refractivity contribution in [2.24, 2.45) is 0 Å². The molecule has 1 aromatic rings. The Morgan fingerprint density at radius 3 is 2.83 bits per heavy atom. The summed E-state index contributed by atoms with van der Waals surface area (Å²) >= 11 is 0. The fraction of sp³-hybridized carbons (Fsp3) is 0.500. The first-order chi connectivity index (χ1) is 5.65. The van der Waals surface area contributed by atoms with Crippen molar-refractivity contribution < 1.29 is 14.1 Å². The molecule has 1 aromatic heterocycles. The lowest BCUT2D eigenvalue weighted by atomic mass is 10.1. The van der Waals surface area contributed by atoms with Crippen LogP contribution in [0.1, 0.15) is 24.3 Å². The third-order valence-electron chi connectivity index (χ3n) is 1.63. The minimum atomic E-state index is -0.379. The van der Waals surface area contributed by atoms with Crippen LogP contribution in [0.4, 0.5) is 0 Å². The number of carbonyl (C=O) groups is 1. The lowest BCUT2D eigenvalue weighted by molar-refractivity contribution is -0.142. The zero-order chi connectivity index (χ0) is 9.14. The molecule has 1 rings (SSSR count). The van der Waals surface area contributed by atoms with E-state index in [0.29, 0.717) is 5.76 Å². The molecule has 0 aliphatic carbocycles. The summed E-state index contributed by atoms with van der Waals surface area (Å²) in [6.45, 7) is 3.52. The predicted octanol–water partition coefficient (Wildman–Crippen LogP) is 1.26. The molecule has 0 saturated heterocycles. The Labute approximate surface area is 70.5 Å². The highest BCUT2D eigenvalue weighted by Gasteiger charge is 2.19. The average Bonchev–Trinajstić information content (AvgIpc) is 2.49. The smallest absolute Gasteiger partial charge is 0.316 e. The molecule has 0 N–H and O–H groups in total. The van der Waals surface area contributed by atoms with Crippen molar-refractivity contribution >= 4 is 5.97 Å². The molecule has 1 atom stereocenters. The minimum absolute atomic E-state index is 0.314. The van der Waals surface area contributed by atoms with E-state index in [1.807, 2.05) is 0 Å². The van der Waals surface area contributed by atoms with Crippen molar-refractivity contribution in [1.82, 2.24) is 5.16 Å². The number of rotatable bonds is 2. The van der Waals surface area contributed by atoms with Gasteiger partial charge in [-0.2, -0.15) is 0 Å². The van der Waals surface area contributed by atoms with Gasteiger partial charge >= 0.3 is 5.97 Å². The molecule has 0 aliphatic heterocycles. The summed E-state index contributed by atoms with van der Waals surface area (Å²) in [7, 11) is 1.35. The number of aromatic nitrogens is 1. The van der Waals surface area contributed by atoms with Crippen LogP contribution < -0.4 is 0 Å². The average molecular weight is 169 g/mol. The molecule has 1 heterocycles. The largest absolute Gasteiger partial charge is 0.468 e. The van der Waals surface area contributed by atoms with Crippen molar-refractivity contribution in [2.75, 3.05) is 7.11 Å². The Morgan fingerprint density at radius 1 is 1.75 bits per heavy atom. The predicted molar refractivity (Wildman–Crippen MR) is 41.7 cm³/mol. The Kier molecular flexibility index (Phi) is 2.47. The second-order valence-corrected chi connectivity index (χ2v) is 2.62. The minimum Gasteiger partial charge on any atom is -0.468 e. The monoisotopic (exact) mass is 169 g/mol. The third kappa shape index (κ3) is 1.64. The quantitative estimate of drug-likeness (QED) is 0.625. The first kappa shape index (κ1) is 8.77. The van der Waals surface area contributed by atoms with Crippen LogP contribution in [-0.2, 0) is 9.53 Å². The highest BCUT2D eigenvalue weighted by atomic mass is 16.5. The van der Waals surface area contributed by atoms with Crippen molar-refractivity contribution in [2.45, 2.75) is 19.8 Å². The molecule has 0 aromatic carbocycles. The van der Waals surface area contributed by atoms with E-state index in [2.05, 4.69) is 9.89 Å². The zero-order valence-corrected chi connectivity index (χ0v) is 7.33. The Hall–Kier alpha value is -1.32. The highest BCUT2D eigenvalue weighted by Crippen LogP contribution is 2.16. The molecule has 4 heteroatoms. The van der Waals surface area contributed by atoms with Gasteiger partial charge in [-0.25, -0.2) is 0 Å². The maximum atomic E-state index is 11.0. The van der Waals surface area contributed by atoms with Crippen LogP contribution in [0.5, 0.6) is 0 Å². The van der Waals surface area contributed by atoms with E-state index in [-0.39, 0.29) is 11.9 Å². The summed E-state index contributed by atoms with van der Waals surface area (Å²) in [4.78, 5) is 11.0. The van der Waals surface area contributed by atoms with Gasteiger partial charge in [0.25, 0.3) is 0 Å². The van der Waals surface area contributed by atoms with Gasteiger partial charge in [0.2, 0.25) is 0 Å². The molecule has 0 radical (unpaired) electrons. The van der Waals surface area contributed by atoms with Crippen LogP contribution in [0.3, 0.4) is 0 Å². The van der Waals surface area contributed by atoms with Crippen molar-refractivity contribution in [1.29, 1.82) is 0 Å². The lowest BCUT2D eigenvalue weighted by Crippen LogP contribution is -2.09. The fourth-order valence-corrected chi connectivity index (χ4v) is 0.880. The van der Waals surface area contributed by atoms with Crippen molar-refractivity contribution in [3.8, 4) is 0 Å². The summed E-state index contributed by atoms with van der Waals surface area (Å²) in [6.07, 6.45) is 0. The topological polar surface area (TPSA) is 52.3 Å². The van der Waals surface area contributed by atoms with Gasteiger partial charge in [0.1, 0.15) is 5.92 Å². The maximum absolute atomic E-state index is 11.0. The number of ether oxygens (including phenoxy) is 1.